The zero-order chi connectivity index (χ0) is 17.7. The van der Waals surface area contributed by atoms with Gasteiger partial charge < -0.3 is 20.1 Å². The molecule has 126 valence electrons. The summed E-state index contributed by atoms with van der Waals surface area (Å²) in [5.74, 6) is 0.412. The van der Waals surface area contributed by atoms with Crippen molar-refractivity contribution in [2.24, 2.45) is 0 Å². The van der Waals surface area contributed by atoms with Gasteiger partial charge >= 0.3 is 7.12 Å². The van der Waals surface area contributed by atoms with Crippen LogP contribution in [-0.4, -0.2) is 29.7 Å². The molecule has 0 fully saturated rings. The SMILES string of the molecule is CC(C)(C)c1ccccc1OCC(=O)Nc1ccc(B(O)O)cc1. The molecular weight excluding hydrogens is 305 g/mol. The molecule has 5 nitrogen and oxygen atoms in total. The number of nitrogens with one attached hydrogen (secondary N) is 1. The van der Waals surface area contributed by atoms with Gasteiger partial charge in [0.2, 0.25) is 0 Å². The Morgan fingerprint density at radius 3 is 2.29 bits per heavy atom. The molecule has 0 aliphatic rings. The van der Waals surface area contributed by atoms with Crippen molar-refractivity contribution in [1.82, 2.24) is 0 Å². The molecule has 0 saturated carbocycles. The lowest BCUT2D eigenvalue weighted by Gasteiger charge is -2.22. The average molecular weight is 327 g/mol. The molecule has 0 radical (unpaired) electrons. The minimum atomic E-state index is -1.52. The number of amides is 1. The maximum absolute atomic E-state index is 12.0. The number of para-hydroxylation sites is 1. The Balaban J connectivity index is 1.97. The monoisotopic (exact) mass is 327 g/mol. The average Bonchev–Trinajstić information content (AvgIpc) is 2.53. The predicted molar refractivity (Wildman–Crippen MR) is 95.5 cm³/mol. The Morgan fingerprint density at radius 2 is 1.71 bits per heavy atom. The lowest BCUT2D eigenvalue weighted by Crippen LogP contribution is -2.29. The number of hydrogen-bond acceptors (Lipinski definition) is 4. The molecule has 0 aromatic heterocycles. The van der Waals surface area contributed by atoms with Gasteiger partial charge in [-0.3, -0.25) is 4.79 Å². The molecule has 0 aliphatic carbocycles. The second-order valence-electron chi connectivity index (χ2n) is 6.58. The second-order valence-corrected chi connectivity index (χ2v) is 6.58. The summed E-state index contributed by atoms with van der Waals surface area (Å²) in [7, 11) is -1.52. The fraction of sp³-hybridized carbons (Fsp3) is 0.278. The summed E-state index contributed by atoms with van der Waals surface area (Å²) in [4.78, 5) is 12.0. The molecule has 6 heteroatoms. The maximum Gasteiger partial charge on any atom is 0.488 e. The zero-order valence-electron chi connectivity index (χ0n) is 14.1. The van der Waals surface area contributed by atoms with Crippen LogP contribution in [0.5, 0.6) is 5.75 Å². The summed E-state index contributed by atoms with van der Waals surface area (Å²) in [5.41, 5.74) is 1.90. The van der Waals surface area contributed by atoms with Crippen molar-refractivity contribution in [3.63, 3.8) is 0 Å². The number of rotatable bonds is 5. The number of benzene rings is 2. The van der Waals surface area contributed by atoms with Gasteiger partial charge in [0.25, 0.3) is 5.91 Å². The third-order valence-corrected chi connectivity index (χ3v) is 3.55. The fourth-order valence-electron chi connectivity index (χ4n) is 2.29. The number of ether oxygens (including phenoxy) is 1. The van der Waals surface area contributed by atoms with Gasteiger partial charge in [-0.15, -0.1) is 0 Å². The predicted octanol–water partition coefficient (Wildman–Crippen LogP) is 1.68. The van der Waals surface area contributed by atoms with Crippen LogP contribution in [0.2, 0.25) is 0 Å². The lowest BCUT2D eigenvalue weighted by molar-refractivity contribution is -0.118. The summed E-state index contributed by atoms with van der Waals surface area (Å²) in [6.07, 6.45) is 0. The van der Waals surface area contributed by atoms with Gasteiger partial charge in [0.15, 0.2) is 6.61 Å². The molecule has 2 aromatic rings. The normalized spacial score (nSPS) is 11.0. The molecule has 0 atom stereocenters. The van der Waals surface area contributed by atoms with Crippen LogP contribution >= 0.6 is 0 Å². The molecule has 0 unspecified atom stereocenters. The molecule has 3 N–H and O–H groups in total. The van der Waals surface area contributed by atoms with Crippen molar-refractivity contribution in [2.75, 3.05) is 11.9 Å². The Labute approximate surface area is 142 Å². The molecule has 2 rings (SSSR count). The van der Waals surface area contributed by atoms with Crippen LogP contribution in [0.1, 0.15) is 26.3 Å². The Bertz CT molecular complexity index is 693. The van der Waals surface area contributed by atoms with Crippen molar-refractivity contribution in [1.29, 1.82) is 0 Å². The summed E-state index contributed by atoms with van der Waals surface area (Å²) in [6.45, 7) is 6.17. The fourth-order valence-corrected chi connectivity index (χ4v) is 2.29. The molecule has 0 heterocycles. The van der Waals surface area contributed by atoms with E-state index < -0.39 is 7.12 Å². The van der Waals surface area contributed by atoms with E-state index in [9.17, 15) is 4.79 Å². The van der Waals surface area contributed by atoms with Crippen molar-refractivity contribution in [3.05, 3.63) is 54.1 Å². The van der Waals surface area contributed by atoms with E-state index in [2.05, 4.69) is 26.1 Å². The van der Waals surface area contributed by atoms with Crippen LogP contribution in [0.4, 0.5) is 5.69 Å². The summed E-state index contributed by atoms with van der Waals surface area (Å²) in [6, 6.07) is 14.0. The van der Waals surface area contributed by atoms with Crippen LogP contribution in [0.3, 0.4) is 0 Å². The summed E-state index contributed by atoms with van der Waals surface area (Å²) in [5, 5.41) is 20.8. The van der Waals surface area contributed by atoms with E-state index in [4.69, 9.17) is 14.8 Å². The molecular formula is C18H22BNO4. The van der Waals surface area contributed by atoms with E-state index in [1.165, 1.54) is 12.1 Å². The molecule has 0 aliphatic heterocycles. The van der Waals surface area contributed by atoms with Crippen LogP contribution in [0.15, 0.2) is 48.5 Å². The van der Waals surface area contributed by atoms with Crippen molar-refractivity contribution in [2.45, 2.75) is 26.2 Å². The third kappa shape index (κ3) is 4.84. The first-order valence-corrected chi connectivity index (χ1v) is 7.75. The molecule has 0 saturated heterocycles. The van der Waals surface area contributed by atoms with Gasteiger partial charge in [-0.1, -0.05) is 51.1 Å². The van der Waals surface area contributed by atoms with Crippen molar-refractivity contribution >= 4 is 24.2 Å². The molecule has 2 aromatic carbocycles. The number of carbonyl (C=O) groups is 1. The Hall–Kier alpha value is -2.31. The van der Waals surface area contributed by atoms with Gasteiger partial charge in [0.05, 0.1) is 0 Å². The largest absolute Gasteiger partial charge is 0.488 e. The summed E-state index contributed by atoms with van der Waals surface area (Å²) < 4.78 is 5.67. The number of hydrogen-bond donors (Lipinski definition) is 3. The van der Waals surface area contributed by atoms with Crippen molar-refractivity contribution < 1.29 is 19.6 Å². The van der Waals surface area contributed by atoms with Gasteiger partial charge in [-0.2, -0.15) is 0 Å². The van der Waals surface area contributed by atoms with E-state index in [0.29, 0.717) is 16.9 Å². The zero-order valence-corrected chi connectivity index (χ0v) is 14.1. The highest BCUT2D eigenvalue weighted by Crippen LogP contribution is 2.30. The van der Waals surface area contributed by atoms with Crippen LogP contribution in [-0.2, 0) is 10.2 Å². The third-order valence-electron chi connectivity index (χ3n) is 3.55. The number of carbonyl (C=O) groups excluding carboxylic acids is 1. The quantitative estimate of drug-likeness (QED) is 0.730. The topological polar surface area (TPSA) is 78.8 Å². The van der Waals surface area contributed by atoms with Crippen molar-refractivity contribution in [3.8, 4) is 5.75 Å². The van der Waals surface area contributed by atoms with Crippen LogP contribution in [0, 0.1) is 0 Å². The van der Waals surface area contributed by atoms with Crippen LogP contribution in [0.25, 0.3) is 0 Å². The second kappa shape index (κ2) is 7.51. The van der Waals surface area contributed by atoms with E-state index in [-0.39, 0.29) is 17.9 Å². The molecule has 1 amide bonds. The minimum Gasteiger partial charge on any atom is -0.483 e. The molecule has 24 heavy (non-hydrogen) atoms. The minimum absolute atomic E-state index is 0.0754. The highest BCUT2D eigenvalue weighted by Gasteiger charge is 2.19. The lowest BCUT2D eigenvalue weighted by atomic mass is 9.80. The first kappa shape index (κ1) is 18.0. The Morgan fingerprint density at radius 1 is 1.08 bits per heavy atom. The first-order chi connectivity index (χ1) is 11.3. The van der Waals surface area contributed by atoms with Crippen LogP contribution < -0.4 is 15.5 Å². The smallest absolute Gasteiger partial charge is 0.483 e. The standard InChI is InChI=1S/C18H22BNO4/c1-18(2,3)15-6-4-5-7-16(15)24-12-17(21)20-14-10-8-13(9-11-14)19(22)23/h4-11,22-23H,12H2,1-3H3,(H,20,21). The van der Waals surface area contributed by atoms with Gasteiger partial charge in [-0.05, 0) is 34.6 Å². The molecule has 0 spiro atoms. The number of anilines is 1. The van der Waals surface area contributed by atoms with Gasteiger partial charge in [0.1, 0.15) is 5.75 Å². The van der Waals surface area contributed by atoms with E-state index in [1.54, 1.807) is 12.1 Å². The first-order valence-electron chi connectivity index (χ1n) is 7.75. The van der Waals surface area contributed by atoms with E-state index in [1.807, 2.05) is 24.3 Å². The van der Waals surface area contributed by atoms with Gasteiger partial charge in [-0.25, -0.2) is 0 Å². The van der Waals surface area contributed by atoms with Gasteiger partial charge in [0, 0.05) is 5.69 Å². The summed E-state index contributed by atoms with van der Waals surface area (Å²) >= 11 is 0. The van der Waals surface area contributed by atoms with E-state index in [0.717, 1.165) is 5.56 Å². The highest BCUT2D eigenvalue weighted by atomic mass is 16.5. The Kier molecular flexibility index (Phi) is 5.64. The van der Waals surface area contributed by atoms with E-state index >= 15 is 0 Å². The highest BCUT2D eigenvalue weighted by molar-refractivity contribution is 6.58. The molecule has 0 bridgehead atoms. The maximum atomic E-state index is 12.0.